The van der Waals surface area contributed by atoms with Gasteiger partial charge >= 0.3 is 6.03 Å². The topological polar surface area (TPSA) is 97.6 Å². The average Bonchev–Trinajstić information content (AvgIpc) is 3.10. The zero-order valence-corrected chi connectivity index (χ0v) is 15.7. The van der Waals surface area contributed by atoms with Gasteiger partial charge in [-0.1, -0.05) is 11.6 Å². The van der Waals surface area contributed by atoms with E-state index in [-0.39, 0.29) is 15.2 Å². The van der Waals surface area contributed by atoms with Crippen LogP contribution >= 0.6 is 27.5 Å². The Hall–Kier alpha value is -2.59. The summed E-state index contributed by atoms with van der Waals surface area (Å²) in [5.74, 6) is 0.252. The molecule has 0 fully saturated rings. The highest BCUT2D eigenvalue weighted by Gasteiger charge is 2.18. The van der Waals surface area contributed by atoms with E-state index in [0.717, 1.165) is 6.07 Å². The Morgan fingerprint density at radius 2 is 2.04 bits per heavy atom. The molecule has 0 bridgehead atoms. The van der Waals surface area contributed by atoms with Gasteiger partial charge in [-0.15, -0.1) is 0 Å². The lowest BCUT2D eigenvalue weighted by atomic mass is 10.3. The van der Waals surface area contributed by atoms with Crippen molar-refractivity contribution in [3.63, 3.8) is 0 Å². The fraction of sp³-hybridized carbons (Fsp3) is 0.133. The lowest BCUT2D eigenvalue weighted by Gasteiger charge is -2.15. The number of rotatable bonds is 4. The van der Waals surface area contributed by atoms with Crippen molar-refractivity contribution in [3.8, 4) is 5.95 Å². The minimum atomic E-state index is -0.540. The van der Waals surface area contributed by atoms with Crippen molar-refractivity contribution in [1.82, 2.24) is 30.0 Å². The predicted octanol–water partition coefficient (Wildman–Crippen LogP) is 3.50. The first kappa shape index (κ1) is 18.2. The molecule has 3 rings (SSSR count). The number of hydrogen-bond donors (Lipinski definition) is 2. The molecular weight excluding hydrogens is 429 g/mol. The molecule has 26 heavy (non-hydrogen) atoms. The van der Waals surface area contributed by atoms with Gasteiger partial charge in [-0.05, 0) is 41.1 Å². The van der Waals surface area contributed by atoms with E-state index in [9.17, 15) is 9.18 Å². The second-order valence-corrected chi connectivity index (χ2v) is 6.41. The van der Waals surface area contributed by atoms with Crippen molar-refractivity contribution in [2.24, 2.45) is 0 Å². The van der Waals surface area contributed by atoms with Gasteiger partial charge < -0.3 is 10.6 Å². The largest absolute Gasteiger partial charge is 0.328 e. The summed E-state index contributed by atoms with van der Waals surface area (Å²) in [5.41, 5.74) is 0.262. The third-order valence-electron chi connectivity index (χ3n) is 3.31. The molecule has 8 nitrogen and oxygen atoms in total. The summed E-state index contributed by atoms with van der Waals surface area (Å²) < 4.78 is 15.0. The van der Waals surface area contributed by atoms with E-state index >= 15 is 0 Å². The van der Waals surface area contributed by atoms with Gasteiger partial charge in [-0.3, -0.25) is 0 Å². The van der Waals surface area contributed by atoms with E-state index in [2.05, 4.69) is 46.6 Å². The summed E-state index contributed by atoms with van der Waals surface area (Å²) in [6.45, 7) is 1.73. The van der Waals surface area contributed by atoms with Crippen molar-refractivity contribution in [1.29, 1.82) is 0 Å². The summed E-state index contributed by atoms with van der Waals surface area (Å²) in [6, 6.07) is 3.11. The molecule has 0 spiro atoms. The second-order valence-electron chi connectivity index (χ2n) is 5.15. The third-order valence-corrected chi connectivity index (χ3v) is 4.23. The van der Waals surface area contributed by atoms with Crippen molar-refractivity contribution in [2.75, 3.05) is 5.32 Å². The summed E-state index contributed by atoms with van der Waals surface area (Å²) in [5, 5.41) is 9.42. The summed E-state index contributed by atoms with van der Waals surface area (Å²) in [6.07, 6.45) is 4.50. The van der Waals surface area contributed by atoms with Crippen molar-refractivity contribution in [3.05, 3.63) is 58.1 Å². The third kappa shape index (κ3) is 3.97. The van der Waals surface area contributed by atoms with Crippen LogP contribution in [0.4, 0.5) is 14.9 Å². The van der Waals surface area contributed by atoms with Gasteiger partial charge in [-0.25, -0.2) is 24.1 Å². The molecule has 0 radical (unpaired) electrons. The van der Waals surface area contributed by atoms with Gasteiger partial charge in [0, 0.05) is 12.4 Å². The van der Waals surface area contributed by atoms with Crippen molar-refractivity contribution in [2.45, 2.75) is 13.0 Å². The van der Waals surface area contributed by atoms with Crippen LogP contribution in [0.2, 0.25) is 5.02 Å². The maximum absolute atomic E-state index is 13.4. The molecule has 2 amide bonds. The number of nitrogens with one attached hydrogen (secondary N) is 2. The van der Waals surface area contributed by atoms with Crippen molar-refractivity contribution >= 4 is 39.2 Å². The summed E-state index contributed by atoms with van der Waals surface area (Å²) >= 11 is 8.99. The molecule has 2 N–H and O–H groups in total. The van der Waals surface area contributed by atoms with Crippen LogP contribution in [-0.4, -0.2) is 30.8 Å². The Morgan fingerprint density at radius 1 is 1.31 bits per heavy atom. The van der Waals surface area contributed by atoms with E-state index in [0.29, 0.717) is 11.8 Å². The molecule has 1 aromatic carbocycles. The first-order valence-corrected chi connectivity index (χ1v) is 8.52. The van der Waals surface area contributed by atoms with Gasteiger partial charge in [0.15, 0.2) is 5.82 Å². The zero-order chi connectivity index (χ0) is 18.7. The smallest absolute Gasteiger partial charge is 0.319 e. The minimum absolute atomic E-state index is 0.0781. The molecule has 2 heterocycles. The highest BCUT2D eigenvalue weighted by Crippen LogP contribution is 2.28. The Morgan fingerprint density at radius 3 is 2.77 bits per heavy atom. The molecule has 2 aromatic heterocycles. The first-order valence-electron chi connectivity index (χ1n) is 7.35. The van der Waals surface area contributed by atoms with E-state index in [1.54, 1.807) is 25.4 Å². The van der Waals surface area contributed by atoms with Crippen LogP contribution in [0.25, 0.3) is 5.95 Å². The number of urea groups is 1. The summed E-state index contributed by atoms with van der Waals surface area (Å²) in [4.78, 5) is 24.6. The van der Waals surface area contributed by atoms with Gasteiger partial charge in [0.2, 0.25) is 0 Å². The van der Waals surface area contributed by atoms with E-state index in [1.165, 1.54) is 17.1 Å². The lowest BCUT2D eigenvalue weighted by molar-refractivity contribution is 0.248. The number of halogens is 3. The number of benzene rings is 1. The maximum atomic E-state index is 13.4. The van der Waals surface area contributed by atoms with Crippen LogP contribution in [0, 0.1) is 5.82 Å². The van der Waals surface area contributed by atoms with Crippen LogP contribution in [-0.2, 0) is 0 Å². The summed E-state index contributed by atoms with van der Waals surface area (Å²) in [7, 11) is 0. The molecule has 1 atom stereocenters. The Labute approximate surface area is 161 Å². The predicted molar refractivity (Wildman–Crippen MR) is 96.6 cm³/mol. The number of nitrogens with zero attached hydrogens (tertiary/aromatic N) is 5. The second kappa shape index (κ2) is 7.75. The lowest BCUT2D eigenvalue weighted by Crippen LogP contribution is -2.32. The number of anilines is 1. The Balaban J connectivity index is 1.73. The van der Waals surface area contributed by atoms with Gasteiger partial charge in [-0.2, -0.15) is 9.78 Å². The maximum Gasteiger partial charge on any atom is 0.319 e. The average molecular weight is 441 g/mol. The van der Waals surface area contributed by atoms with E-state index in [4.69, 9.17) is 11.6 Å². The molecule has 0 aliphatic carbocycles. The van der Waals surface area contributed by atoms with Crippen LogP contribution in [0.3, 0.4) is 0 Å². The standard InChI is InChI=1S/C15H12BrClFN7O/c1-8(13-21-7-22-25(13)14-19-3-2-4-20-14)23-15(26)24-12-5-9(16)11(18)6-10(12)17/h2-8H,1H3,(H2,23,24,26). The molecule has 0 aliphatic heterocycles. The van der Waals surface area contributed by atoms with E-state index < -0.39 is 17.9 Å². The fourth-order valence-electron chi connectivity index (χ4n) is 2.14. The number of amides is 2. The fourth-order valence-corrected chi connectivity index (χ4v) is 2.68. The monoisotopic (exact) mass is 439 g/mol. The number of aromatic nitrogens is 5. The van der Waals surface area contributed by atoms with Crippen LogP contribution in [0.1, 0.15) is 18.8 Å². The Kier molecular flexibility index (Phi) is 5.43. The van der Waals surface area contributed by atoms with Gasteiger partial charge in [0.25, 0.3) is 5.95 Å². The molecule has 134 valence electrons. The SMILES string of the molecule is CC(NC(=O)Nc1cc(Br)c(F)cc1Cl)c1ncnn1-c1ncccn1. The molecule has 1 unspecified atom stereocenters. The number of carbonyl (C=O) groups excluding carboxylic acids is 1. The highest BCUT2D eigenvalue weighted by molar-refractivity contribution is 9.10. The quantitative estimate of drug-likeness (QED) is 0.605. The minimum Gasteiger partial charge on any atom is -0.328 e. The molecule has 0 saturated carbocycles. The Bertz CT molecular complexity index is 937. The first-order chi connectivity index (χ1) is 12.5. The molecule has 0 saturated heterocycles. The van der Waals surface area contributed by atoms with Gasteiger partial charge in [0.05, 0.1) is 21.2 Å². The van der Waals surface area contributed by atoms with Crippen LogP contribution < -0.4 is 10.6 Å². The van der Waals surface area contributed by atoms with Crippen LogP contribution in [0.15, 0.2) is 41.4 Å². The molecule has 0 aliphatic rings. The molecule has 11 heteroatoms. The molecular formula is C15H12BrClFN7O. The highest BCUT2D eigenvalue weighted by atomic mass is 79.9. The van der Waals surface area contributed by atoms with Crippen LogP contribution in [0.5, 0.6) is 0 Å². The normalized spacial score (nSPS) is 11.8. The molecule has 3 aromatic rings. The number of carbonyl (C=O) groups is 1. The van der Waals surface area contributed by atoms with Crippen molar-refractivity contribution < 1.29 is 9.18 Å². The van der Waals surface area contributed by atoms with E-state index in [1.807, 2.05) is 0 Å². The number of hydrogen-bond acceptors (Lipinski definition) is 5. The van der Waals surface area contributed by atoms with Gasteiger partial charge in [0.1, 0.15) is 12.1 Å². The zero-order valence-electron chi connectivity index (χ0n) is 13.3.